The van der Waals surface area contributed by atoms with Gasteiger partial charge >= 0.3 is 0 Å². The van der Waals surface area contributed by atoms with Crippen LogP contribution in [0.2, 0.25) is 0 Å². The zero-order valence-electron chi connectivity index (χ0n) is 15.6. The van der Waals surface area contributed by atoms with Crippen molar-refractivity contribution in [3.05, 3.63) is 65.2 Å². The molecular formula is C22H27NO2. The van der Waals surface area contributed by atoms with Gasteiger partial charge in [-0.1, -0.05) is 43.7 Å². The van der Waals surface area contributed by atoms with Crippen LogP contribution in [0.1, 0.15) is 41.8 Å². The fourth-order valence-corrected chi connectivity index (χ4v) is 3.72. The minimum atomic E-state index is 0.143. The summed E-state index contributed by atoms with van der Waals surface area (Å²) in [7, 11) is 1.68. The normalized spacial score (nSPS) is 19.0. The van der Waals surface area contributed by atoms with Gasteiger partial charge in [0.25, 0.3) is 5.91 Å². The van der Waals surface area contributed by atoms with Crippen LogP contribution >= 0.6 is 0 Å². The van der Waals surface area contributed by atoms with E-state index in [1.165, 1.54) is 11.1 Å². The second-order valence-electron chi connectivity index (χ2n) is 7.87. The standard InChI is InChI=1S/C22H27NO2/c1-16-5-9-18(10-6-16)21(24)23-15-22(2,3)14-19(23)13-17-7-11-20(25-4)12-8-17/h5-12,19H,13-15H2,1-4H3. The minimum absolute atomic E-state index is 0.143. The van der Waals surface area contributed by atoms with Crippen LogP contribution in [0.15, 0.2) is 48.5 Å². The Morgan fingerprint density at radius 2 is 1.76 bits per heavy atom. The summed E-state index contributed by atoms with van der Waals surface area (Å²) in [6, 6.07) is 16.3. The molecule has 1 heterocycles. The number of likely N-dealkylation sites (tertiary alicyclic amines) is 1. The first kappa shape index (κ1) is 17.5. The summed E-state index contributed by atoms with van der Waals surface area (Å²) in [4.78, 5) is 15.1. The number of nitrogens with zero attached hydrogens (tertiary/aromatic N) is 1. The zero-order valence-corrected chi connectivity index (χ0v) is 15.6. The molecule has 3 heteroatoms. The molecule has 0 N–H and O–H groups in total. The highest BCUT2D eigenvalue weighted by Gasteiger charge is 2.40. The maximum Gasteiger partial charge on any atom is 0.254 e. The Labute approximate surface area is 150 Å². The molecule has 1 aliphatic rings. The van der Waals surface area contributed by atoms with Crippen LogP contribution in [0.3, 0.4) is 0 Å². The molecule has 3 nitrogen and oxygen atoms in total. The van der Waals surface area contributed by atoms with Crippen molar-refractivity contribution < 1.29 is 9.53 Å². The number of methoxy groups -OCH3 is 1. The molecular weight excluding hydrogens is 310 g/mol. The minimum Gasteiger partial charge on any atom is -0.497 e. The largest absolute Gasteiger partial charge is 0.497 e. The molecule has 25 heavy (non-hydrogen) atoms. The summed E-state index contributed by atoms with van der Waals surface area (Å²) >= 11 is 0. The third-order valence-corrected chi connectivity index (χ3v) is 5.02. The molecule has 3 rings (SSSR count). The second-order valence-corrected chi connectivity index (χ2v) is 7.87. The average molecular weight is 337 g/mol. The number of hydrogen-bond acceptors (Lipinski definition) is 2. The Kier molecular flexibility index (Phi) is 4.85. The van der Waals surface area contributed by atoms with Gasteiger partial charge in [0.15, 0.2) is 0 Å². The first-order chi connectivity index (χ1) is 11.9. The van der Waals surface area contributed by atoms with Gasteiger partial charge < -0.3 is 9.64 Å². The van der Waals surface area contributed by atoms with Crippen LogP contribution < -0.4 is 4.74 Å². The third kappa shape index (κ3) is 4.04. The van der Waals surface area contributed by atoms with E-state index < -0.39 is 0 Å². The molecule has 0 aliphatic carbocycles. The molecule has 1 amide bonds. The van der Waals surface area contributed by atoms with Crippen molar-refractivity contribution in [3.8, 4) is 5.75 Å². The van der Waals surface area contributed by atoms with E-state index >= 15 is 0 Å². The Bertz CT molecular complexity index is 732. The highest BCUT2D eigenvalue weighted by molar-refractivity contribution is 5.94. The number of ether oxygens (including phenoxy) is 1. The number of benzene rings is 2. The lowest BCUT2D eigenvalue weighted by atomic mass is 9.89. The molecule has 0 saturated carbocycles. The van der Waals surface area contributed by atoms with Crippen molar-refractivity contribution in [2.75, 3.05) is 13.7 Å². The second kappa shape index (κ2) is 6.91. The first-order valence-corrected chi connectivity index (χ1v) is 8.88. The topological polar surface area (TPSA) is 29.5 Å². The number of carbonyl (C=O) groups is 1. The fourth-order valence-electron chi connectivity index (χ4n) is 3.72. The van der Waals surface area contributed by atoms with Crippen LogP contribution in [0.25, 0.3) is 0 Å². The summed E-state index contributed by atoms with van der Waals surface area (Å²) in [5.41, 5.74) is 3.35. The molecule has 1 unspecified atom stereocenters. The van der Waals surface area contributed by atoms with E-state index in [0.29, 0.717) is 0 Å². The molecule has 1 aliphatic heterocycles. The molecule has 132 valence electrons. The van der Waals surface area contributed by atoms with Gasteiger partial charge in [-0.05, 0) is 55.0 Å². The van der Waals surface area contributed by atoms with Crippen molar-refractivity contribution in [3.63, 3.8) is 0 Å². The molecule has 0 spiro atoms. The van der Waals surface area contributed by atoms with E-state index in [9.17, 15) is 4.79 Å². The fraction of sp³-hybridized carbons (Fsp3) is 0.409. The van der Waals surface area contributed by atoms with Crippen LogP contribution in [-0.4, -0.2) is 30.5 Å². The predicted octanol–water partition coefficient (Wildman–Crippen LogP) is 4.49. The van der Waals surface area contributed by atoms with E-state index in [0.717, 1.165) is 30.7 Å². The van der Waals surface area contributed by atoms with E-state index in [4.69, 9.17) is 4.74 Å². The monoisotopic (exact) mass is 337 g/mol. The van der Waals surface area contributed by atoms with Gasteiger partial charge in [-0.3, -0.25) is 4.79 Å². The quantitative estimate of drug-likeness (QED) is 0.823. The molecule has 1 fully saturated rings. The van der Waals surface area contributed by atoms with Crippen molar-refractivity contribution in [2.24, 2.45) is 5.41 Å². The summed E-state index contributed by atoms with van der Waals surface area (Å²) < 4.78 is 5.23. The maximum atomic E-state index is 13.1. The molecule has 0 bridgehead atoms. The summed E-state index contributed by atoms with van der Waals surface area (Å²) in [6.07, 6.45) is 1.90. The number of rotatable bonds is 4. The maximum absolute atomic E-state index is 13.1. The number of carbonyl (C=O) groups excluding carboxylic acids is 1. The smallest absolute Gasteiger partial charge is 0.254 e. The van der Waals surface area contributed by atoms with Crippen molar-refractivity contribution in [1.82, 2.24) is 4.90 Å². The van der Waals surface area contributed by atoms with Gasteiger partial charge in [0, 0.05) is 18.2 Å². The highest BCUT2D eigenvalue weighted by atomic mass is 16.5. The van der Waals surface area contributed by atoms with Crippen LogP contribution in [0.4, 0.5) is 0 Å². The molecule has 0 aromatic heterocycles. The van der Waals surface area contributed by atoms with Crippen LogP contribution in [0.5, 0.6) is 5.75 Å². The Balaban J connectivity index is 1.80. The Morgan fingerprint density at radius 1 is 1.12 bits per heavy atom. The lowest BCUT2D eigenvalue weighted by Gasteiger charge is -2.25. The molecule has 2 aromatic carbocycles. The Morgan fingerprint density at radius 3 is 2.36 bits per heavy atom. The Hall–Kier alpha value is -2.29. The van der Waals surface area contributed by atoms with Crippen molar-refractivity contribution >= 4 is 5.91 Å². The highest BCUT2D eigenvalue weighted by Crippen LogP contribution is 2.36. The van der Waals surface area contributed by atoms with Crippen LogP contribution in [-0.2, 0) is 6.42 Å². The third-order valence-electron chi connectivity index (χ3n) is 5.02. The van der Waals surface area contributed by atoms with Gasteiger partial charge in [-0.2, -0.15) is 0 Å². The summed E-state index contributed by atoms with van der Waals surface area (Å²) in [6.45, 7) is 7.34. The number of hydrogen-bond donors (Lipinski definition) is 0. The molecule has 1 atom stereocenters. The number of aryl methyl sites for hydroxylation is 1. The van der Waals surface area contributed by atoms with E-state index in [-0.39, 0.29) is 17.4 Å². The van der Waals surface area contributed by atoms with Gasteiger partial charge in [0.05, 0.1) is 7.11 Å². The van der Waals surface area contributed by atoms with E-state index in [1.54, 1.807) is 7.11 Å². The van der Waals surface area contributed by atoms with Gasteiger partial charge in [-0.25, -0.2) is 0 Å². The first-order valence-electron chi connectivity index (χ1n) is 8.88. The summed E-state index contributed by atoms with van der Waals surface area (Å²) in [5, 5.41) is 0. The SMILES string of the molecule is COc1ccc(CC2CC(C)(C)CN2C(=O)c2ccc(C)cc2)cc1. The molecule has 0 radical (unpaired) electrons. The summed E-state index contributed by atoms with van der Waals surface area (Å²) in [5.74, 6) is 1.01. The van der Waals surface area contributed by atoms with Gasteiger partial charge in [-0.15, -0.1) is 0 Å². The van der Waals surface area contributed by atoms with Crippen molar-refractivity contribution in [1.29, 1.82) is 0 Å². The molecule has 2 aromatic rings. The van der Waals surface area contributed by atoms with Gasteiger partial charge in [0.1, 0.15) is 5.75 Å². The van der Waals surface area contributed by atoms with Crippen molar-refractivity contribution in [2.45, 2.75) is 39.7 Å². The predicted molar refractivity (Wildman–Crippen MR) is 101 cm³/mol. The number of amides is 1. The van der Waals surface area contributed by atoms with Crippen LogP contribution in [0, 0.1) is 12.3 Å². The van der Waals surface area contributed by atoms with E-state index in [1.807, 2.05) is 43.3 Å². The lowest BCUT2D eigenvalue weighted by molar-refractivity contribution is 0.0726. The zero-order chi connectivity index (χ0) is 18.0. The van der Waals surface area contributed by atoms with E-state index in [2.05, 4.69) is 30.9 Å². The lowest BCUT2D eigenvalue weighted by Crippen LogP contribution is -2.37. The van der Waals surface area contributed by atoms with Gasteiger partial charge in [0.2, 0.25) is 0 Å². The molecule has 1 saturated heterocycles. The average Bonchev–Trinajstić information content (AvgIpc) is 2.90.